The monoisotopic (exact) mass is 398 g/mol. The number of ether oxygens (including phenoxy) is 2. The van der Waals surface area contributed by atoms with E-state index in [2.05, 4.69) is 10.3 Å². The summed E-state index contributed by atoms with van der Waals surface area (Å²) in [5.74, 6) is 0.280. The van der Waals surface area contributed by atoms with E-state index in [4.69, 9.17) is 14.6 Å². The summed E-state index contributed by atoms with van der Waals surface area (Å²) >= 11 is 0. The van der Waals surface area contributed by atoms with E-state index < -0.39 is 17.7 Å². The molecule has 0 fully saturated rings. The third-order valence-electron chi connectivity index (χ3n) is 3.73. The normalized spacial score (nSPS) is 11.7. The second-order valence-electron chi connectivity index (χ2n) is 7.51. The maximum absolute atomic E-state index is 12.4. The van der Waals surface area contributed by atoms with Crippen molar-refractivity contribution >= 4 is 23.6 Å². The molecule has 0 unspecified atom stereocenters. The van der Waals surface area contributed by atoms with Crippen LogP contribution in [0, 0.1) is 6.92 Å². The summed E-state index contributed by atoms with van der Waals surface area (Å²) in [5, 5.41) is 11.6. The highest BCUT2D eigenvalue weighted by Gasteiger charge is 2.16. The van der Waals surface area contributed by atoms with Gasteiger partial charge in [0.1, 0.15) is 17.2 Å². The Bertz CT molecular complexity index is 912. The lowest BCUT2D eigenvalue weighted by molar-refractivity contribution is 0.0562. The molecular formula is C22H26N2O5. The van der Waals surface area contributed by atoms with Gasteiger partial charge in [-0.3, -0.25) is 5.32 Å². The van der Waals surface area contributed by atoms with E-state index in [1.807, 2.05) is 0 Å². The summed E-state index contributed by atoms with van der Waals surface area (Å²) < 4.78 is 10.6. The fourth-order valence-corrected chi connectivity index (χ4v) is 2.44. The Balaban J connectivity index is 2.06. The van der Waals surface area contributed by atoms with Crippen LogP contribution in [0.5, 0.6) is 5.75 Å². The summed E-state index contributed by atoms with van der Waals surface area (Å²) in [6.07, 6.45) is -0.581. The molecule has 29 heavy (non-hydrogen) atoms. The average molecular weight is 398 g/mol. The van der Waals surface area contributed by atoms with Crippen molar-refractivity contribution in [3.63, 3.8) is 0 Å². The molecule has 0 aliphatic heterocycles. The molecule has 0 spiro atoms. The van der Waals surface area contributed by atoms with Crippen LogP contribution in [0.4, 0.5) is 10.5 Å². The summed E-state index contributed by atoms with van der Waals surface area (Å²) in [6, 6.07) is 11.7. The highest BCUT2D eigenvalue weighted by Crippen LogP contribution is 2.21. The molecule has 0 atom stereocenters. The number of carbonyl (C=O) groups excluding carboxylic acids is 2. The van der Waals surface area contributed by atoms with Crippen molar-refractivity contribution in [1.82, 2.24) is 5.32 Å². The summed E-state index contributed by atoms with van der Waals surface area (Å²) in [4.78, 5) is 28.5. The van der Waals surface area contributed by atoms with E-state index in [0.29, 0.717) is 28.4 Å². The van der Waals surface area contributed by atoms with Crippen molar-refractivity contribution in [2.75, 3.05) is 0 Å². The molecule has 2 rings (SSSR count). The van der Waals surface area contributed by atoms with Gasteiger partial charge in [0.05, 0.1) is 17.9 Å². The van der Waals surface area contributed by atoms with Crippen molar-refractivity contribution in [2.24, 2.45) is 4.99 Å². The first-order valence-electron chi connectivity index (χ1n) is 9.15. The lowest BCUT2D eigenvalue weighted by Gasteiger charge is -2.19. The van der Waals surface area contributed by atoms with Gasteiger partial charge < -0.3 is 14.6 Å². The number of amidine groups is 1. The Labute approximate surface area is 170 Å². The van der Waals surface area contributed by atoms with Gasteiger partial charge in [-0.15, -0.1) is 0 Å². The predicted octanol–water partition coefficient (Wildman–Crippen LogP) is 4.28. The summed E-state index contributed by atoms with van der Waals surface area (Å²) in [6.45, 7) is 8.69. The molecule has 0 bridgehead atoms. The number of hydrogen-bond acceptors (Lipinski definition) is 6. The zero-order chi connectivity index (χ0) is 21.6. The molecular weight excluding hydrogens is 372 g/mol. The van der Waals surface area contributed by atoms with Crippen LogP contribution in [0.25, 0.3) is 0 Å². The quantitative estimate of drug-likeness (QED) is 0.347. The van der Waals surface area contributed by atoms with Crippen molar-refractivity contribution in [3.05, 3.63) is 59.2 Å². The molecule has 2 aromatic carbocycles. The van der Waals surface area contributed by atoms with Crippen LogP contribution < -0.4 is 10.1 Å². The molecule has 2 aromatic rings. The second-order valence-corrected chi connectivity index (χ2v) is 7.51. The van der Waals surface area contributed by atoms with Gasteiger partial charge in [-0.25, -0.2) is 14.6 Å². The molecule has 0 radical (unpaired) electrons. The maximum Gasteiger partial charge on any atom is 0.413 e. The highest BCUT2D eigenvalue weighted by atomic mass is 16.6. The SMILES string of the molecule is CC(=Nc1ccc(C(=O)Oc2ccc(CO)cc2)c(C)c1)NC(=O)OC(C)(C)C. The predicted molar refractivity (Wildman–Crippen MR) is 111 cm³/mol. The van der Waals surface area contributed by atoms with Crippen molar-refractivity contribution in [1.29, 1.82) is 0 Å². The zero-order valence-electron chi connectivity index (χ0n) is 17.3. The number of esters is 1. The van der Waals surface area contributed by atoms with E-state index in [-0.39, 0.29) is 6.61 Å². The largest absolute Gasteiger partial charge is 0.444 e. The fraction of sp³-hybridized carbons (Fsp3) is 0.318. The summed E-state index contributed by atoms with van der Waals surface area (Å²) in [7, 11) is 0. The topological polar surface area (TPSA) is 97.2 Å². The van der Waals surface area contributed by atoms with Gasteiger partial charge >= 0.3 is 12.1 Å². The van der Waals surface area contributed by atoms with Gasteiger partial charge in [0.15, 0.2) is 0 Å². The van der Waals surface area contributed by atoms with E-state index in [0.717, 1.165) is 5.56 Å². The minimum absolute atomic E-state index is 0.0719. The smallest absolute Gasteiger partial charge is 0.413 e. The second kappa shape index (κ2) is 9.34. The summed E-state index contributed by atoms with van der Waals surface area (Å²) in [5.41, 5.74) is 1.82. The van der Waals surface area contributed by atoms with E-state index in [9.17, 15) is 9.59 Å². The number of alkyl carbamates (subject to hydrolysis) is 1. The molecule has 2 N–H and O–H groups in total. The van der Waals surface area contributed by atoms with Crippen LogP contribution in [0.1, 0.15) is 49.2 Å². The standard InChI is InChI=1S/C22H26N2O5/c1-14-12-17(23-15(2)24-21(27)29-22(3,4)5)8-11-19(14)20(26)28-18-9-6-16(13-25)7-10-18/h6-12,25H,13H2,1-5H3,(H,23,24,27). The van der Waals surface area contributed by atoms with E-state index >= 15 is 0 Å². The molecule has 1 amide bonds. The number of benzene rings is 2. The number of nitrogens with zero attached hydrogens (tertiary/aromatic N) is 1. The van der Waals surface area contributed by atoms with Crippen LogP contribution in [0.2, 0.25) is 0 Å². The molecule has 0 aliphatic rings. The minimum atomic E-state index is -0.596. The number of aliphatic hydroxyl groups is 1. The number of nitrogens with one attached hydrogen (secondary N) is 1. The van der Waals surface area contributed by atoms with Crippen LogP contribution >= 0.6 is 0 Å². The lowest BCUT2D eigenvalue weighted by atomic mass is 10.1. The molecule has 154 valence electrons. The Morgan fingerprint density at radius 3 is 2.31 bits per heavy atom. The first-order valence-corrected chi connectivity index (χ1v) is 9.15. The number of amides is 1. The number of aliphatic imine (C=N–C) groups is 1. The molecule has 7 nitrogen and oxygen atoms in total. The number of aliphatic hydroxyl groups excluding tert-OH is 1. The Hall–Kier alpha value is -3.19. The maximum atomic E-state index is 12.4. The molecule has 0 aliphatic carbocycles. The average Bonchev–Trinajstić information content (AvgIpc) is 2.60. The number of rotatable bonds is 4. The van der Waals surface area contributed by atoms with Crippen LogP contribution in [0.15, 0.2) is 47.5 Å². The van der Waals surface area contributed by atoms with E-state index in [1.54, 1.807) is 77.1 Å². The first-order chi connectivity index (χ1) is 13.6. The van der Waals surface area contributed by atoms with Gasteiger partial charge in [-0.05, 0) is 76.1 Å². The Morgan fingerprint density at radius 1 is 1.10 bits per heavy atom. The number of carbonyl (C=O) groups is 2. The number of hydrogen-bond donors (Lipinski definition) is 2. The molecule has 7 heteroatoms. The number of aryl methyl sites for hydroxylation is 1. The van der Waals surface area contributed by atoms with Crippen molar-refractivity contribution < 1.29 is 24.2 Å². The van der Waals surface area contributed by atoms with Crippen LogP contribution in [-0.2, 0) is 11.3 Å². The highest BCUT2D eigenvalue weighted by molar-refractivity contribution is 5.96. The zero-order valence-corrected chi connectivity index (χ0v) is 17.3. The fourth-order valence-electron chi connectivity index (χ4n) is 2.44. The minimum Gasteiger partial charge on any atom is -0.444 e. The van der Waals surface area contributed by atoms with E-state index in [1.165, 1.54) is 0 Å². The van der Waals surface area contributed by atoms with Gasteiger partial charge in [0.2, 0.25) is 0 Å². The van der Waals surface area contributed by atoms with Gasteiger partial charge in [-0.2, -0.15) is 0 Å². The lowest BCUT2D eigenvalue weighted by Crippen LogP contribution is -2.35. The van der Waals surface area contributed by atoms with Crippen LogP contribution in [-0.4, -0.2) is 28.6 Å². The van der Waals surface area contributed by atoms with Gasteiger partial charge in [0, 0.05) is 0 Å². The third kappa shape index (κ3) is 7.04. The third-order valence-corrected chi connectivity index (χ3v) is 3.73. The Morgan fingerprint density at radius 2 is 1.76 bits per heavy atom. The molecule has 0 heterocycles. The van der Waals surface area contributed by atoms with Gasteiger partial charge in [0.25, 0.3) is 0 Å². The van der Waals surface area contributed by atoms with Gasteiger partial charge in [-0.1, -0.05) is 12.1 Å². The Kier molecular flexibility index (Phi) is 7.12. The van der Waals surface area contributed by atoms with Crippen molar-refractivity contribution in [3.8, 4) is 5.75 Å². The molecule has 0 saturated heterocycles. The van der Waals surface area contributed by atoms with Crippen molar-refractivity contribution in [2.45, 2.75) is 46.8 Å². The molecule has 0 saturated carbocycles. The van der Waals surface area contributed by atoms with Crippen LogP contribution in [0.3, 0.4) is 0 Å². The first kappa shape index (κ1) is 22.1. The molecule has 0 aromatic heterocycles.